The van der Waals surface area contributed by atoms with Crippen LogP contribution in [0.5, 0.6) is 0 Å². The lowest BCUT2D eigenvalue weighted by Gasteiger charge is -2.24. The first-order chi connectivity index (χ1) is 15.6. The third-order valence-corrected chi connectivity index (χ3v) is 6.65. The van der Waals surface area contributed by atoms with Crippen LogP contribution >= 0.6 is 22.9 Å². The number of nitrogens with one attached hydrogen (secondary N) is 2. The van der Waals surface area contributed by atoms with Gasteiger partial charge in [-0.3, -0.25) is 9.59 Å². The lowest BCUT2D eigenvalue weighted by Crippen LogP contribution is -2.48. The molecule has 1 aliphatic heterocycles. The molecule has 32 heavy (non-hydrogen) atoms. The molecule has 1 aliphatic carbocycles. The lowest BCUT2D eigenvalue weighted by molar-refractivity contribution is -0.137. The van der Waals surface area contributed by atoms with Crippen molar-refractivity contribution in [1.82, 2.24) is 20.4 Å². The van der Waals surface area contributed by atoms with Gasteiger partial charge in [-0.1, -0.05) is 28.9 Å². The molecule has 1 saturated heterocycles. The number of halogens is 1. The van der Waals surface area contributed by atoms with Gasteiger partial charge < -0.3 is 20.1 Å². The molecule has 1 saturated carbocycles. The van der Waals surface area contributed by atoms with E-state index in [1.54, 1.807) is 17.0 Å². The third-order valence-electron chi connectivity index (χ3n) is 5.60. The molecule has 0 radical (unpaired) electrons. The van der Waals surface area contributed by atoms with Crippen LogP contribution in [0, 0.1) is 0 Å². The first kappa shape index (κ1) is 21.0. The van der Waals surface area contributed by atoms with Crippen LogP contribution in [0.2, 0.25) is 5.02 Å². The van der Waals surface area contributed by atoms with Gasteiger partial charge >= 0.3 is 0 Å². The number of likely N-dealkylation sites (tertiary alicyclic amines) is 1. The normalized spacial score (nSPS) is 18.0. The van der Waals surface area contributed by atoms with E-state index in [1.165, 1.54) is 11.3 Å². The molecule has 0 spiro atoms. The van der Waals surface area contributed by atoms with Crippen molar-refractivity contribution in [1.29, 1.82) is 0 Å². The summed E-state index contributed by atoms with van der Waals surface area (Å²) in [5, 5.41) is 13.3. The Morgan fingerprint density at radius 1 is 1.19 bits per heavy atom. The second-order valence-corrected chi connectivity index (χ2v) is 9.30. The predicted octanol–water partition coefficient (Wildman–Crippen LogP) is 3.80. The van der Waals surface area contributed by atoms with Crippen molar-refractivity contribution in [3.05, 3.63) is 40.7 Å². The Morgan fingerprint density at radius 3 is 2.78 bits per heavy atom. The fourth-order valence-corrected chi connectivity index (χ4v) is 4.56. The van der Waals surface area contributed by atoms with Crippen LogP contribution in [0.3, 0.4) is 0 Å². The summed E-state index contributed by atoms with van der Waals surface area (Å²) < 4.78 is 5.45. The number of rotatable bonds is 7. The smallest absolute Gasteiger partial charge is 0.243 e. The summed E-state index contributed by atoms with van der Waals surface area (Å²) in [6.45, 7) is 0.699. The first-order valence-electron chi connectivity index (χ1n) is 10.6. The number of benzene rings is 1. The van der Waals surface area contributed by atoms with Gasteiger partial charge in [-0.25, -0.2) is 4.98 Å². The zero-order valence-electron chi connectivity index (χ0n) is 17.2. The highest BCUT2D eigenvalue weighted by Crippen LogP contribution is 2.29. The molecule has 10 heteroatoms. The highest BCUT2D eigenvalue weighted by Gasteiger charge is 2.36. The number of carbonyl (C=O) groups excluding carboxylic acids is 2. The average molecular weight is 472 g/mol. The van der Waals surface area contributed by atoms with Crippen LogP contribution in [-0.2, 0) is 9.59 Å². The Labute approximate surface area is 193 Å². The molecule has 166 valence electrons. The Morgan fingerprint density at radius 2 is 2.00 bits per heavy atom. The molecule has 3 heterocycles. The lowest BCUT2D eigenvalue weighted by atomic mass is 10.1. The SMILES string of the molecule is O=C(NC1CC1)[C@@H]1CCCN1C(=O)CNc1nc(-c2cc(-c3ccc(Cl)cc3)no2)cs1. The van der Waals surface area contributed by atoms with Crippen molar-refractivity contribution in [2.45, 2.75) is 37.8 Å². The van der Waals surface area contributed by atoms with Gasteiger partial charge in [-0.05, 0) is 37.8 Å². The molecule has 1 atom stereocenters. The van der Waals surface area contributed by atoms with Crippen molar-refractivity contribution in [3.63, 3.8) is 0 Å². The summed E-state index contributed by atoms with van der Waals surface area (Å²) >= 11 is 7.32. The van der Waals surface area contributed by atoms with E-state index < -0.39 is 0 Å². The minimum atomic E-state index is -0.364. The number of amides is 2. The number of aromatic nitrogens is 2. The number of carbonyl (C=O) groups is 2. The Hall–Kier alpha value is -2.91. The molecule has 5 rings (SSSR count). The summed E-state index contributed by atoms with van der Waals surface area (Å²) in [6.07, 6.45) is 3.63. The Bertz CT molecular complexity index is 1120. The van der Waals surface area contributed by atoms with Gasteiger partial charge in [0.2, 0.25) is 11.8 Å². The van der Waals surface area contributed by atoms with E-state index in [4.69, 9.17) is 16.1 Å². The molecule has 8 nitrogen and oxygen atoms in total. The maximum atomic E-state index is 12.7. The van der Waals surface area contributed by atoms with E-state index >= 15 is 0 Å². The summed E-state index contributed by atoms with van der Waals surface area (Å²) in [7, 11) is 0. The molecule has 0 unspecified atom stereocenters. The fourth-order valence-electron chi connectivity index (χ4n) is 3.74. The number of hydrogen-bond donors (Lipinski definition) is 2. The third kappa shape index (κ3) is 4.63. The fraction of sp³-hybridized carbons (Fsp3) is 0.364. The van der Waals surface area contributed by atoms with Gasteiger partial charge in [0, 0.05) is 34.6 Å². The largest absolute Gasteiger partial charge is 0.354 e. The average Bonchev–Trinajstić information content (AvgIpc) is 3.22. The zero-order chi connectivity index (χ0) is 22.1. The minimum Gasteiger partial charge on any atom is -0.354 e. The topological polar surface area (TPSA) is 100 Å². The van der Waals surface area contributed by atoms with Gasteiger partial charge in [0.05, 0.1) is 6.54 Å². The summed E-state index contributed by atoms with van der Waals surface area (Å²) in [6, 6.07) is 9.10. The second kappa shape index (κ2) is 8.91. The van der Waals surface area contributed by atoms with Crippen LogP contribution in [0.15, 0.2) is 40.2 Å². The molecule has 2 aliphatic rings. The summed E-state index contributed by atoms with van der Waals surface area (Å²) in [5.74, 6) is 0.415. The molecular weight excluding hydrogens is 450 g/mol. The van der Waals surface area contributed by atoms with Crippen LogP contribution in [0.1, 0.15) is 25.7 Å². The monoisotopic (exact) mass is 471 g/mol. The van der Waals surface area contributed by atoms with Crippen molar-refractivity contribution >= 4 is 39.9 Å². The zero-order valence-corrected chi connectivity index (χ0v) is 18.8. The minimum absolute atomic E-state index is 0.0308. The Kier molecular flexibility index (Phi) is 5.84. The number of nitrogens with zero attached hydrogens (tertiary/aromatic N) is 3. The highest BCUT2D eigenvalue weighted by atomic mass is 35.5. The molecular formula is C22H22ClN5O3S. The molecule has 1 aromatic carbocycles. The second-order valence-electron chi connectivity index (χ2n) is 8.00. The van der Waals surface area contributed by atoms with E-state index in [1.807, 2.05) is 23.6 Å². The van der Waals surface area contributed by atoms with Crippen molar-refractivity contribution in [2.75, 3.05) is 18.4 Å². The van der Waals surface area contributed by atoms with Gasteiger partial charge in [0.25, 0.3) is 0 Å². The number of anilines is 1. The maximum absolute atomic E-state index is 12.7. The van der Waals surface area contributed by atoms with E-state index in [0.717, 1.165) is 24.8 Å². The van der Waals surface area contributed by atoms with Crippen LogP contribution in [-0.4, -0.2) is 52.0 Å². The summed E-state index contributed by atoms with van der Waals surface area (Å²) in [5.41, 5.74) is 2.23. The quantitative estimate of drug-likeness (QED) is 0.543. The molecule has 2 N–H and O–H groups in total. The molecule has 0 bridgehead atoms. The first-order valence-corrected chi connectivity index (χ1v) is 11.8. The predicted molar refractivity (Wildman–Crippen MR) is 122 cm³/mol. The van der Waals surface area contributed by atoms with Crippen LogP contribution < -0.4 is 10.6 Å². The van der Waals surface area contributed by atoms with E-state index in [0.29, 0.717) is 46.3 Å². The van der Waals surface area contributed by atoms with Crippen molar-refractivity contribution in [2.24, 2.45) is 0 Å². The standard InChI is InChI=1S/C22H22ClN5O3S/c23-14-5-3-13(4-6-14)16-10-19(31-27-16)17-12-32-22(26-17)24-11-20(29)28-9-1-2-18(28)21(30)25-15-7-8-15/h3-6,10,12,15,18H,1-2,7-9,11H2,(H,24,26)(H,25,30)/t18-/m0/s1. The highest BCUT2D eigenvalue weighted by molar-refractivity contribution is 7.14. The van der Waals surface area contributed by atoms with Crippen LogP contribution in [0.4, 0.5) is 5.13 Å². The summed E-state index contributed by atoms with van der Waals surface area (Å²) in [4.78, 5) is 31.3. The molecule has 2 amide bonds. The molecule has 3 aromatic rings. The van der Waals surface area contributed by atoms with Gasteiger partial charge in [-0.2, -0.15) is 0 Å². The Balaban J connectivity index is 1.19. The molecule has 2 aromatic heterocycles. The maximum Gasteiger partial charge on any atom is 0.243 e. The molecule has 2 fully saturated rings. The van der Waals surface area contributed by atoms with Gasteiger partial charge in [0.1, 0.15) is 17.4 Å². The van der Waals surface area contributed by atoms with E-state index in [-0.39, 0.29) is 24.4 Å². The van der Waals surface area contributed by atoms with E-state index in [2.05, 4.69) is 20.8 Å². The van der Waals surface area contributed by atoms with Gasteiger partial charge in [0.15, 0.2) is 10.9 Å². The van der Waals surface area contributed by atoms with Gasteiger partial charge in [-0.15, -0.1) is 11.3 Å². The van der Waals surface area contributed by atoms with E-state index in [9.17, 15) is 9.59 Å². The van der Waals surface area contributed by atoms with Crippen molar-refractivity contribution < 1.29 is 14.1 Å². The van der Waals surface area contributed by atoms with Crippen molar-refractivity contribution in [3.8, 4) is 22.7 Å². The number of thiazole rings is 1. The number of hydrogen-bond acceptors (Lipinski definition) is 7. The van der Waals surface area contributed by atoms with Crippen LogP contribution in [0.25, 0.3) is 22.7 Å².